The van der Waals surface area contributed by atoms with Gasteiger partial charge in [0.15, 0.2) is 0 Å². The summed E-state index contributed by atoms with van der Waals surface area (Å²) in [7, 11) is -1.96. The molecular weight excluding hydrogens is 319 g/mol. The van der Waals surface area contributed by atoms with Crippen molar-refractivity contribution in [1.82, 2.24) is 15.4 Å². The van der Waals surface area contributed by atoms with Gasteiger partial charge in [0, 0.05) is 6.07 Å². The molecule has 3 rings (SSSR count). The molecule has 24 heavy (non-hydrogen) atoms. The summed E-state index contributed by atoms with van der Waals surface area (Å²) >= 11 is 0. The van der Waals surface area contributed by atoms with Crippen molar-refractivity contribution in [2.75, 3.05) is 12.8 Å². The van der Waals surface area contributed by atoms with Gasteiger partial charge in [-0.05, 0) is 42.3 Å². The monoisotopic (exact) mass is 339 g/mol. The van der Waals surface area contributed by atoms with E-state index in [1.807, 2.05) is 18.2 Å². The largest absolute Gasteiger partial charge is 0.251 e. The van der Waals surface area contributed by atoms with Crippen LogP contribution in [0.15, 0.2) is 72.9 Å². The van der Waals surface area contributed by atoms with Gasteiger partial charge in [-0.25, -0.2) is 0 Å². The SMILES string of the molecule is [18F]CCCC[P+](c1ccccc1)(c1ccccc1)c1ccnnn1. The van der Waals surface area contributed by atoms with Gasteiger partial charge in [-0.3, -0.25) is 4.39 Å². The lowest BCUT2D eigenvalue weighted by atomic mass is 10.4. The summed E-state index contributed by atoms with van der Waals surface area (Å²) in [6, 6.07) is 22.8. The van der Waals surface area contributed by atoms with Crippen LogP contribution >= 0.6 is 7.26 Å². The molecule has 0 bridgehead atoms. The molecule has 0 spiro atoms. The Kier molecular flexibility index (Phi) is 5.60. The molecule has 0 atom stereocenters. The van der Waals surface area contributed by atoms with E-state index in [-0.39, 0.29) is 6.67 Å². The third-order valence-corrected chi connectivity index (χ3v) is 8.52. The van der Waals surface area contributed by atoms with Gasteiger partial charge in [-0.1, -0.05) is 41.5 Å². The van der Waals surface area contributed by atoms with E-state index >= 15 is 0 Å². The van der Waals surface area contributed by atoms with Crippen molar-refractivity contribution in [2.45, 2.75) is 12.8 Å². The van der Waals surface area contributed by atoms with Crippen molar-refractivity contribution in [1.29, 1.82) is 0 Å². The van der Waals surface area contributed by atoms with Crippen LogP contribution in [0.3, 0.4) is 0 Å². The van der Waals surface area contributed by atoms with Crippen LogP contribution in [0.25, 0.3) is 0 Å². The molecule has 0 aliphatic rings. The maximum absolute atomic E-state index is 12.8. The molecule has 0 saturated heterocycles. The van der Waals surface area contributed by atoms with Crippen LogP contribution in [0.1, 0.15) is 12.8 Å². The van der Waals surface area contributed by atoms with Crippen molar-refractivity contribution in [3.05, 3.63) is 72.9 Å². The molecule has 0 N–H and O–H groups in total. The maximum Gasteiger partial charge on any atom is 0.216 e. The normalized spacial score (nSPS) is 11.4. The fourth-order valence-electron chi connectivity index (χ4n) is 3.03. The van der Waals surface area contributed by atoms with Gasteiger partial charge in [0.25, 0.3) is 0 Å². The van der Waals surface area contributed by atoms with Gasteiger partial charge < -0.3 is 0 Å². The first-order valence-corrected chi connectivity index (χ1v) is 10.1. The number of alkyl halides is 1. The zero-order valence-electron chi connectivity index (χ0n) is 13.4. The summed E-state index contributed by atoms with van der Waals surface area (Å²) < 4.78 is 12.8. The number of rotatable bonds is 7. The van der Waals surface area contributed by atoms with Gasteiger partial charge in [0.2, 0.25) is 5.44 Å². The summed E-state index contributed by atoms with van der Waals surface area (Å²) in [6.07, 6.45) is 3.96. The molecule has 1 aromatic heterocycles. The number of aromatic nitrogens is 3. The lowest BCUT2D eigenvalue weighted by Crippen LogP contribution is -2.35. The zero-order chi connectivity index (χ0) is 16.7. The predicted molar refractivity (Wildman–Crippen MR) is 98.6 cm³/mol. The van der Waals surface area contributed by atoms with Crippen LogP contribution in [0, 0.1) is 0 Å². The molecule has 2 aromatic carbocycles. The number of hydrogen-bond donors (Lipinski definition) is 0. The van der Waals surface area contributed by atoms with Crippen molar-refractivity contribution < 1.29 is 4.39 Å². The Hall–Kier alpha value is -2.19. The molecule has 1 heterocycles. The average Bonchev–Trinajstić information content (AvgIpc) is 2.68. The Morgan fingerprint density at radius 3 is 1.92 bits per heavy atom. The van der Waals surface area contributed by atoms with E-state index in [0.717, 1.165) is 18.0 Å². The Morgan fingerprint density at radius 1 is 0.792 bits per heavy atom. The Labute approximate surface area is 142 Å². The van der Waals surface area contributed by atoms with Crippen LogP contribution in [-0.4, -0.2) is 28.2 Å². The second-order valence-corrected chi connectivity index (χ2v) is 9.14. The highest BCUT2D eigenvalue weighted by Gasteiger charge is 2.46. The molecule has 0 aliphatic heterocycles. The molecule has 0 radical (unpaired) electrons. The van der Waals surface area contributed by atoms with Gasteiger partial charge in [-0.15, -0.1) is 5.10 Å². The molecule has 0 saturated carbocycles. The van der Waals surface area contributed by atoms with Crippen molar-refractivity contribution >= 4 is 23.3 Å². The predicted octanol–water partition coefficient (Wildman–Crippen LogP) is 2.92. The number of hydrogen-bond acceptors (Lipinski definition) is 3. The van der Waals surface area contributed by atoms with E-state index in [2.05, 4.69) is 63.9 Å². The van der Waals surface area contributed by atoms with Crippen molar-refractivity contribution in [2.24, 2.45) is 0 Å². The summed E-state index contributed by atoms with van der Waals surface area (Å²) in [6.45, 7) is -0.286. The second-order valence-electron chi connectivity index (χ2n) is 5.58. The fraction of sp³-hybridized carbons (Fsp3) is 0.211. The van der Waals surface area contributed by atoms with Crippen LogP contribution in [-0.2, 0) is 0 Å². The van der Waals surface area contributed by atoms with Gasteiger partial charge in [-0.2, -0.15) is 0 Å². The molecule has 0 fully saturated rings. The smallest absolute Gasteiger partial charge is 0.216 e. The summed E-state index contributed by atoms with van der Waals surface area (Å²) in [5, 5.41) is 14.6. The lowest BCUT2D eigenvalue weighted by Gasteiger charge is -2.25. The van der Waals surface area contributed by atoms with Crippen LogP contribution in [0.2, 0.25) is 0 Å². The van der Waals surface area contributed by atoms with E-state index in [0.29, 0.717) is 6.42 Å². The van der Waals surface area contributed by atoms with Crippen LogP contribution in [0.4, 0.5) is 4.39 Å². The number of nitrogens with zero attached hydrogens (tertiary/aromatic N) is 3. The third kappa shape index (κ3) is 3.34. The van der Waals surface area contributed by atoms with Crippen molar-refractivity contribution in [3.8, 4) is 0 Å². The molecular formula is C19H20FN3P+. The van der Waals surface area contributed by atoms with Gasteiger partial charge in [0.05, 0.1) is 19.0 Å². The summed E-state index contributed by atoms with van der Waals surface area (Å²) in [4.78, 5) is 0. The molecule has 5 heteroatoms. The molecule has 0 aliphatic carbocycles. The minimum absolute atomic E-state index is 0.286. The lowest BCUT2D eigenvalue weighted by molar-refractivity contribution is 0.470. The van der Waals surface area contributed by atoms with Gasteiger partial charge in [0.1, 0.15) is 17.9 Å². The van der Waals surface area contributed by atoms with E-state index < -0.39 is 7.26 Å². The van der Waals surface area contributed by atoms with Crippen LogP contribution < -0.4 is 16.0 Å². The highest BCUT2D eigenvalue weighted by Crippen LogP contribution is 2.55. The second kappa shape index (κ2) is 8.07. The van der Waals surface area contributed by atoms with E-state index in [4.69, 9.17) is 0 Å². The molecule has 3 aromatic rings. The van der Waals surface area contributed by atoms with Crippen LogP contribution in [0.5, 0.6) is 0 Å². The highest BCUT2D eigenvalue weighted by atomic mass is 31.2. The van der Waals surface area contributed by atoms with E-state index in [9.17, 15) is 4.39 Å². The van der Waals surface area contributed by atoms with Gasteiger partial charge >= 0.3 is 0 Å². The summed E-state index contributed by atoms with van der Waals surface area (Å²) in [5.41, 5.74) is 0.953. The molecule has 0 unspecified atom stereocenters. The first-order chi connectivity index (χ1) is 11.9. The van der Waals surface area contributed by atoms with E-state index in [1.54, 1.807) is 6.20 Å². The number of unbranched alkanes of at least 4 members (excludes halogenated alkanes) is 1. The minimum atomic E-state index is -1.96. The summed E-state index contributed by atoms with van der Waals surface area (Å²) in [5.74, 6) is 0. The molecule has 122 valence electrons. The standard InChI is InChI=1S/C19H20FN3P/c20-14-7-8-16-24(17-9-3-1-4-10-17,18-11-5-2-6-12-18)19-13-15-21-23-22-19/h1-6,9-13,15H,7-8,14,16H2/q+1/i20-1. The number of benzene rings is 2. The highest BCUT2D eigenvalue weighted by molar-refractivity contribution is 7.95. The zero-order valence-corrected chi connectivity index (χ0v) is 14.3. The Morgan fingerprint density at radius 2 is 1.42 bits per heavy atom. The number of halogens is 1. The average molecular weight is 339 g/mol. The topological polar surface area (TPSA) is 38.7 Å². The third-order valence-electron chi connectivity index (χ3n) is 4.15. The minimum Gasteiger partial charge on any atom is -0.251 e. The molecule has 0 amide bonds. The van der Waals surface area contributed by atoms with E-state index in [1.165, 1.54) is 10.6 Å². The fourth-order valence-corrected chi connectivity index (χ4v) is 7.18. The maximum atomic E-state index is 12.8. The Balaban J connectivity index is 2.20. The van der Waals surface area contributed by atoms with Crippen molar-refractivity contribution in [3.63, 3.8) is 0 Å². The first-order valence-electron chi connectivity index (χ1n) is 8.08. The quantitative estimate of drug-likeness (QED) is 0.491. The molecule has 3 nitrogen and oxygen atoms in total. The first kappa shape index (κ1) is 16.7. The Bertz CT molecular complexity index is 642.